The molecule has 2 rings (SSSR count). The molecule has 1 aliphatic heterocycles. The standard InChI is InChI=1S/C13H16F3N3O5/c14-13(15,16)5-3-11(20)23-7-8-1-2-10(24-8)19-6-4-9(18-22)17-12(19)21/h4,6,8,10,22H,1-3,5,7H2,(H,17,18,21). The molecule has 1 fully saturated rings. The molecule has 0 bridgehead atoms. The first kappa shape index (κ1) is 18.2. The summed E-state index contributed by atoms with van der Waals surface area (Å²) in [6.07, 6.45) is -5.18. The Morgan fingerprint density at radius 1 is 1.50 bits per heavy atom. The Hall–Kier alpha value is -2.14. The van der Waals surface area contributed by atoms with Gasteiger partial charge in [-0.05, 0) is 18.9 Å². The number of hydrogen-bond acceptors (Lipinski definition) is 7. The van der Waals surface area contributed by atoms with E-state index < -0.39 is 43.0 Å². The number of esters is 1. The molecule has 24 heavy (non-hydrogen) atoms. The Kier molecular flexibility index (Phi) is 5.78. The molecule has 0 spiro atoms. The average Bonchev–Trinajstić information content (AvgIpc) is 2.98. The number of carbonyl (C=O) groups is 1. The van der Waals surface area contributed by atoms with E-state index in [1.54, 1.807) is 5.48 Å². The zero-order chi connectivity index (χ0) is 17.7. The van der Waals surface area contributed by atoms with E-state index in [1.165, 1.54) is 16.8 Å². The fourth-order valence-electron chi connectivity index (χ4n) is 2.21. The molecular formula is C13H16F3N3O5. The Labute approximate surface area is 134 Å². The van der Waals surface area contributed by atoms with Crippen molar-refractivity contribution >= 4 is 11.8 Å². The smallest absolute Gasteiger partial charge is 0.389 e. The monoisotopic (exact) mass is 351 g/mol. The molecule has 2 N–H and O–H groups in total. The molecule has 0 amide bonds. The molecule has 8 nitrogen and oxygen atoms in total. The third kappa shape index (κ3) is 5.20. The minimum atomic E-state index is -4.41. The first-order valence-corrected chi connectivity index (χ1v) is 7.15. The highest BCUT2D eigenvalue weighted by Crippen LogP contribution is 2.27. The molecule has 0 aliphatic carbocycles. The van der Waals surface area contributed by atoms with Gasteiger partial charge in [0.15, 0.2) is 5.82 Å². The van der Waals surface area contributed by atoms with Gasteiger partial charge in [0.25, 0.3) is 0 Å². The Balaban J connectivity index is 1.81. The van der Waals surface area contributed by atoms with Crippen LogP contribution < -0.4 is 11.2 Å². The van der Waals surface area contributed by atoms with Crippen LogP contribution in [0.3, 0.4) is 0 Å². The number of carbonyl (C=O) groups excluding carboxylic acids is 1. The van der Waals surface area contributed by atoms with Crippen LogP contribution in [-0.4, -0.2) is 39.6 Å². The Bertz CT molecular complexity index is 634. The van der Waals surface area contributed by atoms with Crippen LogP contribution in [0.4, 0.5) is 19.0 Å². The second kappa shape index (κ2) is 7.62. The lowest BCUT2D eigenvalue weighted by atomic mass is 10.2. The molecule has 2 unspecified atom stereocenters. The minimum Gasteiger partial charge on any atom is -0.463 e. The summed E-state index contributed by atoms with van der Waals surface area (Å²) in [5, 5.41) is 8.67. The summed E-state index contributed by atoms with van der Waals surface area (Å²) >= 11 is 0. The van der Waals surface area contributed by atoms with Gasteiger partial charge in [-0.2, -0.15) is 18.2 Å². The summed E-state index contributed by atoms with van der Waals surface area (Å²) in [7, 11) is 0. The summed E-state index contributed by atoms with van der Waals surface area (Å²) in [6, 6.07) is 1.37. The normalized spacial score (nSPS) is 20.8. The fraction of sp³-hybridized carbons (Fsp3) is 0.615. The van der Waals surface area contributed by atoms with Crippen LogP contribution in [0.15, 0.2) is 17.1 Å². The number of ether oxygens (including phenoxy) is 2. The van der Waals surface area contributed by atoms with Crippen molar-refractivity contribution in [3.8, 4) is 0 Å². The predicted octanol–water partition coefficient (Wildman–Crippen LogP) is 1.61. The molecule has 0 aromatic carbocycles. The van der Waals surface area contributed by atoms with Crippen LogP contribution in [0.5, 0.6) is 0 Å². The van der Waals surface area contributed by atoms with E-state index >= 15 is 0 Å². The quantitative estimate of drug-likeness (QED) is 0.593. The Morgan fingerprint density at radius 3 is 2.88 bits per heavy atom. The molecule has 1 aliphatic rings. The van der Waals surface area contributed by atoms with E-state index in [2.05, 4.69) is 4.98 Å². The zero-order valence-electron chi connectivity index (χ0n) is 12.5. The van der Waals surface area contributed by atoms with Gasteiger partial charge < -0.3 is 9.47 Å². The number of alkyl halides is 3. The van der Waals surface area contributed by atoms with Gasteiger partial charge in [0, 0.05) is 6.20 Å². The second-order valence-electron chi connectivity index (χ2n) is 5.20. The number of rotatable bonds is 6. The predicted molar refractivity (Wildman–Crippen MR) is 73.3 cm³/mol. The highest BCUT2D eigenvalue weighted by molar-refractivity contribution is 5.69. The minimum absolute atomic E-state index is 0.00982. The van der Waals surface area contributed by atoms with E-state index in [0.29, 0.717) is 12.8 Å². The lowest BCUT2D eigenvalue weighted by Crippen LogP contribution is -2.28. The van der Waals surface area contributed by atoms with Gasteiger partial charge in [-0.25, -0.2) is 4.79 Å². The van der Waals surface area contributed by atoms with Crippen molar-refractivity contribution in [1.82, 2.24) is 9.55 Å². The van der Waals surface area contributed by atoms with E-state index in [4.69, 9.17) is 14.7 Å². The lowest BCUT2D eigenvalue weighted by molar-refractivity contribution is -0.160. The summed E-state index contributed by atoms with van der Waals surface area (Å²) in [6.45, 7) is -0.175. The van der Waals surface area contributed by atoms with Crippen molar-refractivity contribution < 1.29 is 32.6 Å². The maximum Gasteiger partial charge on any atom is 0.389 e. The molecule has 0 radical (unpaired) electrons. The van der Waals surface area contributed by atoms with Crippen LogP contribution >= 0.6 is 0 Å². The first-order valence-electron chi connectivity index (χ1n) is 7.15. The summed E-state index contributed by atoms with van der Waals surface area (Å²) < 4.78 is 47.5. The summed E-state index contributed by atoms with van der Waals surface area (Å²) in [5.41, 5.74) is 1.11. The van der Waals surface area contributed by atoms with E-state index in [-0.39, 0.29) is 12.4 Å². The SMILES string of the molecule is O=C(CCC(F)(F)F)OCC1CCC(n2ccc(NO)nc2=O)O1. The van der Waals surface area contributed by atoms with E-state index in [0.717, 1.165) is 0 Å². The van der Waals surface area contributed by atoms with Crippen molar-refractivity contribution in [2.75, 3.05) is 12.1 Å². The van der Waals surface area contributed by atoms with E-state index in [9.17, 15) is 22.8 Å². The third-order valence-corrected chi connectivity index (χ3v) is 3.38. The lowest BCUT2D eigenvalue weighted by Gasteiger charge is -2.16. The fourth-order valence-corrected chi connectivity index (χ4v) is 2.21. The maximum atomic E-state index is 12.0. The second-order valence-corrected chi connectivity index (χ2v) is 5.20. The van der Waals surface area contributed by atoms with Gasteiger partial charge in [0.05, 0.1) is 18.9 Å². The summed E-state index contributed by atoms with van der Waals surface area (Å²) in [5.74, 6) is -0.957. The van der Waals surface area contributed by atoms with Crippen LogP contribution in [0.1, 0.15) is 31.9 Å². The average molecular weight is 351 g/mol. The molecule has 1 aromatic rings. The number of halogens is 3. The largest absolute Gasteiger partial charge is 0.463 e. The Morgan fingerprint density at radius 2 is 2.25 bits per heavy atom. The molecule has 2 heterocycles. The van der Waals surface area contributed by atoms with Gasteiger partial charge in [-0.1, -0.05) is 0 Å². The van der Waals surface area contributed by atoms with Gasteiger partial charge in [0.2, 0.25) is 0 Å². The van der Waals surface area contributed by atoms with Gasteiger partial charge in [-0.15, -0.1) is 0 Å². The van der Waals surface area contributed by atoms with Crippen LogP contribution in [-0.2, 0) is 14.3 Å². The molecule has 134 valence electrons. The topological polar surface area (TPSA) is 103 Å². The van der Waals surface area contributed by atoms with Crippen molar-refractivity contribution in [3.63, 3.8) is 0 Å². The maximum absolute atomic E-state index is 12.0. The molecule has 2 atom stereocenters. The first-order chi connectivity index (χ1) is 11.3. The van der Waals surface area contributed by atoms with Crippen LogP contribution in [0.2, 0.25) is 0 Å². The summed E-state index contributed by atoms with van der Waals surface area (Å²) in [4.78, 5) is 26.6. The molecule has 1 aromatic heterocycles. The number of nitrogens with one attached hydrogen (secondary N) is 1. The van der Waals surface area contributed by atoms with Crippen molar-refractivity contribution in [2.45, 2.75) is 44.2 Å². The molecule has 11 heteroatoms. The van der Waals surface area contributed by atoms with Crippen molar-refractivity contribution in [2.24, 2.45) is 0 Å². The number of aromatic nitrogens is 2. The highest BCUT2D eigenvalue weighted by Gasteiger charge is 2.30. The number of anilines is 1. The van der Waals surface area contributed by atoms with Gasteiger partial charge in [-0.3, -0.25) is 20.0 Å². The van der Waals surface area contributed by atoms with Gasteiger partial charge >= 0.3 is 17.8 Å². The number of nitrogens with zero attached hydrogens (tertiary/aromatic N) is 2. The highest BCUT2D eigenvalue weighted by atomic mass is 19.4. The molecule has 1 saturated heterocycles. The van der Waals surface area contributed by atoms with Gasteiger partial charge in [0.1, 0.15) is 12.8 Å². The van der Waals surface area contributed by atoms with Crippen LogP contribution in [0.25, 0.3) is 0 Å². The van der Waals surface area contributed by atoms with E-state index in [1.807, 2.05) is 0 Å². The van der Waals surface area contributed by atoms with Crippen molar-refractivity contribution in [1.29, 1.82) is 0 Å². The third-order valence-electron chi connectivity index (χ3n) is 3.38. The van der Waals surface area contributed by atoms with Crippen molar-refractivity contribution in [3.05, 3.63) is 22.7 Å². The molecule has 0 saturated carbocycles. The van der Waals surface area contributed by atoms with Crippen LogP contribution in [0, 0.1) is 0 Å². The molecular weight excluding hydrogens is 335 g/mol. The number of hydrogen-bond donors (Lipinski definition) is 2. The zero-order valence-corrected chi connectivity index (χ0v) is 12.5.